The standard InChI is InChI=1S/C17H15ClF2N2O3/c1-9(23)11-4-3-5-13-14(11)17(19,20)16(24)22(13)8-10-6-12(18)15(25-2)21-7-10/h3-7,9,23H,8H2,1-2H3/t9-/m0/s1. The molecule has 3 rings (SSSR count). The molecule has 0 saturated carbocycles. The van der Waals surface area contributed by atoms with E-state index in [1.54, 1.807) is 0 Å². The van der Waals surface area contributed by atoms with E-state index in [2.05, 4.69) is 4.98 Å². The zero-order valence-corrected chi connectivity index (χ0v) is 14.2. The van der Waals surface area contributed by atoms with Gasteiger partial charge in [-0.25, -0.2) is 4.98 Å². The second-order valence-electron chi connectivity index (χ2n) is 5.72. The van der Waals surface area contributed by atoms with Crippen LogP contribution in [0, 0.1) is 0 Å². The molecule has 0 unspecified atom stereocenters. The summed E-state index contributed by atoms with van der Waals surface area (Å²) in [4.78, 5) is 17.2. The molecule has 0 aliphatic carbocycles. The summed E-state index contributed by atoms with van der Waals surface area (Å²) < 4.78 is 34.0. The monoisotopic (exact) mass is 368 g/mol. The molecule has 1 amide bonds. The van der Waals surface area contributed by atoms with Crippen molar-refractivity contribution in [1.82, 2.24) is 4.98 Å². The van der Waals surface area contributed by atoms with Crippen molar-refractivity contribution in [3.8, 4) is 5.88 Å². The summed E-state index contributed by atoms with van der Waals surface area (Å²) in [6, 6.07) is 5.86. The predicted octanol–water partition coefficient (Wildman–Crippen LogP) is 3.44. The molecule has 8 heteroatoms. The summed E-state index contributed by atoms with van der Waals surface area (Å²) in [6.45, 7) is 1.26. The maximum atomic E-state index is 14.5. The Balaban J connectivity index is 2.04. The Morgan fingerprint density at radius 3 is 2.76 bits per heavy atom. The Morgan fingerprint density at radius 2 is 2.16 bits per heavy atom. The third-order valence-electron chi connectivity index (χ3n) is 4.04. The van der Waals surface area contributed by atoms with Crippen LogP contribution < -0.4 is 9.64 Å². The number of nitrogens with zero attached hydrogens (tertiary/aromatic N) is 2. The first-order valence-electron chi connectivity index (χ1n) is 7.47. The molecule has 1 aromatic carbocycles. The third-order valence-corrected chi connectivity index (χ3v) is 4.31. The van der Waals surface area contributed by atoms with Gasteiger partial charge in [0.05, 0.1) is 31.0 Å². The van der Waals surface area contributed by atoms with E-state index in [0.717, 1.165) is 4.90 Å². The number of fused-ring (bicyclic) bond motifs is 1. The number of aliphatic hydroxyl groups is 1. The summed E-state index contributed by atoms with van der Waals surface area (Å²) in [7, 11) is 1.41. The fourth-order valence-electron chi connectivity index (χ4n) is 2.90. The lowest BCUT2D eigenvalue weighted by atomic mass is 9.98. The van der Waals surface area contributed by atoms with Gasteiger partial charge in [0.25, 0.3) is 0 Å². The maximum absolute atomic E-state index is 14.5. The summed E-state index contributed by atoms with van der Waals surface area (Å²) in [5.41, 5.74) is 0.123. The Hall–Kier alpha value is -2.25. The Bertz CT molecular complexity index is 843. The number of ether oxygens (including phenoxy) is 1. The van der Waals surface area contributed by atoms with Crippen LogP contribution in [-0.2, 0) is 17.3 Å². The van der Waals surface area contributed by atoms with E-state index in [1.165, 1.54) is 44.5 Å². The SMILES string of the molecule is COc1ncc(CN2C(=O)C(F)(F)c3c([C@H](C)O)cccc32)cc1Cl. The lowest BCUT2D eigenvalue weighted by Crippen LogP contribution is -2.34. The van der Waals surface area contributed by atoms with Crippen molar-refractivity contribution in [1.29, 1.82) is 0 Å². The highest BCUT2D eigenvalue weighted by molar-refractivity contribution is 6.31. The van der Waals surface area contributed by atoms with E-state index in [1.807, 2.05) is 0 Å². The molecule has 1 N–H and O–H groups in total. The van der Waals surface area contributed by atoms with Crippen molar-refractivity contribution in [2.75, 3.05) is 12.0 Å². The molecule has 132 valence electrons. The van der Waals surface area contributed by atoms with Crippen LogP contribution in [0.2, 0.25) is 5.02 Å². The topological polar surface area (TPSA) is 62.7 Å². The molecule has 25 heavy (non-hydrogen) atoms. The molecular weight excluding hydrogens is 354 g/mol. The number of aromatic nitrogens is 1. The predicted molar refractivity (Wildman–Crippen MR) is 88.0 cm³/mol. The van der Waals surface area contributed by atoms with Crippen molar-refractivity contribution in [3.05, 3.63) is 52.2 Å². The van der Waals surface area contributed by atoms with Gasteiger partial charge in [-0.05, 0) is 30.2 Å². The molecule has 0 spiro atoms. The van der Waals surface area contributed by atoms with Gasteiger partial charge in [0.15, 0.2) is 0 Å². The van der Waals surface area contributed by atoms with Gasteiger partial charge in [-0.3, -0.25) is 4.79 Å². The summed E-state index contributed by atoms with van der Waals surface area (Å²) >= 11 is 6.00. The van der Waals surface area contributed by atoms with E-state index in [0.29, 0.717) is 5.56 Å². The number of hydrogen-bond donors (Lipinski definition) is 1. The summed E-state index contributed by atoms with van der Waals surface area (Å²) in [5, 5.41) is 9.99. The second kappa shape index (κ2) is 6.24. The Kier molecular flexibility index (Phi) is 4.38. The number of alkyl halides is 2. The molecule has 0 radical (unpaired) electrons. The first kappa shape index (κ1) is 17.6. The van der Waals surface area contributed by atoms with Crippen LogP contribution in [0.5, 0.6) is 5.88 Å². The van der Waals surface area contributed by atoms with Gasteiger partial charge >= 0.3 is 11.8 Å². The minimum atomic E-state index is -3.70. The number of anilines is 1. The van der Waals surface area contributed by atoms with Crippen LogP contribution >= 0.6 is 11.6 Å². The third kappa shape index (κ3) is 2.83. The van der Waals surface area contributed by atoms with Crippen molar-refractivity contribution < 1.29 is 23.4 Å². The number of halogens is 3. The number of carbonyl (C=O) groups is 1. The number of rotatable bonds is 4. The molecule has 1 aromatic heterocycles. The lowest BCUT2D eigenvalue weighted by molar-refractivity contribution is -0.141. The van der Waals surface area contributed by atoms with Gasteiger partial charge in [0.1, 0.15) is 5.02 Å². The summed E-state index contributed by atoms with van der Waals surface area (Å²) in [5.74, 6) is -4.84. The molecule has 1 aliphatic heterocycles. The van der Waals surface area contributed by atoms with E-state index in [9.17, 15) is 18.7 Å². The van der Waals surface area contributed by atoms with Crippen LogP contribution in [0.1, 0.15) is 29.7 Å². The second-order valence-corrected chi connectivity index (χ2v) is 6.12. The van der Waals surface area contributed by atoms with Crippen molar-refractivity contribution >= 4 is 23.2 Å². The van der Waals surface area contributed by atoms with Crippen LogP contribution in [0.25, 0.3) is 0 Å². The smallest absolute Gasteiger partial charge is 0.352 e. The molecule has 0 fully saturated rings. The molecule has 2 heterocycles. The fourth-order valence-corrected chi connectivity index (χ4v) is 3.17. The van der Waals surface area contributed by atoms with E-state index >= 15 is 0 Å². The number of benzene rings is 1. The molecule has 1 aliphatic rings. The van der Waals surface area contributed by atoms with Gasteiger partial charge < -0.3 is 14.7 Å². The molecule has 0 bridgehead atoms. The molecule has 5 nitrogen and oxygen atoms in total. The number of hydrogen-bond acceptors (Lipinski definition) is 4. The minimum Gasteiger partial charge on any atom is -0.480 e. The van der Waals surface area contributed by atoms with Gasteiger partial charge in [0, 0.05) is 6.20 Å². The van der Waals surface area contributed by atoms with Gasteiger partial charge in [-0.15, -0.1) is 0 Å². The average Bonchev–Trinajstić information content (AvgIpc) is 2.76. The zero-order valence-electron chi connectivity index (χ0n) is 13.5. The van der Waals surface area contributed by atoms with E-state index in [-0.39, 0.29) is 28.7 Å². The first-order valence-corrected chi connectivity index (χ1v) is 7.84. The van der Waals surface area contributed by atoms with Gasteiger partial charge in [-0.2, -0.15) is 8.78 Å². The number of pyridine rings is 1. The van der Waals surface area contributed by atoms with E-state index in [4.69, 9.17) is 16.3 Å². The van der Waals surface area contributed by atoms with Crippen LogP contribution in [-0.4, -0.2) is 23.1 Å². The van der Waals surface area contributed by atoms with Crippen LogP contribution in [0.4, 0.5) is 14.5 Å². The first-order chi connectivity index (χ1) is 11.8. The fraction of sp³-hybridized carbons (Fsp3) is 0.294. The van der Waals surface area contributed by atoms with Crippen LogP contribution in [0.3, 0.4) is 0 Å². The zero-order chi connectivity index (χ0) is 18.4. The number of methoxy groups -OCH3 is 1. The Morgan fingerprint density at radius 1 is 1.44 bits per heavy atom. The van der Waals surface area contributed by atoms with Gasteiger partial charge in [-0.1, -0.05) is 23.7 Å². The maximum Gasteiger partial charge on any atom is 0.352 e. The van der Waals surface area contributed by atoms with Crippen molar-refractivity contribution in [2.45, 2.75) is 25.5 Å². The van der Waals surface area contributed by atoms with Crippen LogP contribution in [0.15, 0.2) is 30.5 Å². The molecule has 0 saturated heterocycles. The normalized spacial score (nSPS) is 16.7. The molecule has 2 aromatic rings. The molecule has 1 atom stereocenters. The highest BCUT2D eigenvalue weighted by atomic mass is 35.5. The largest absolute Gasteiger partial charge is 0.480 e. The quantitative estimate of drug-likeness (QED) is 0.898. The average molecular weight is 369 g/mol. The summed E-state index contributed by atoms with van der Waals surface area (Å²) in [6.07, 6.45) is 0.290. The van der Waals surface area contributed by atoms with Crippen molar-refractivity contribution in [3.63, 3.8) is 0 Å². The molecular formula is C17H15ClF2N2O3. The number of aliphatic hydroxyl groups excluding tert-OH is 1. The van der Waals surface area contributed by atoms with Gasteiger partial charge in [0.2, 0.25) is 5.88 Å². The number of amides is 1. The Labute approximate surface area is 147 Å². The minimum absolute atomic E-state index is 0.0317. The lowest BCUT2D eigenvalue weighted by Gasteiger charge is -2.18. The highest BCUT2D eigenvalue weighted by Crippen LogP contribution is 2.47. The van der Waals surface area contributed by atoms with Crippen molar-refractivity contribution in [2.24, 2.45) is 0 Å². The highest BCUT2D eigenvalue weighted by Gasteiger charge is 2.54. The number of carbonyl (C=O) groups excluding carboxylic acids is 1. The van der Waals surface area contributed by atoms with E-state index < -0.39 is 23.5 Å².